The summed E-state index contributed by atoms with van der Waals surface area (Å²) in [6, 6.07) is 4.58. The molecule has 0 atom stereocenters. The summed E-state index contributed by atoms with van der Waals surface area (Å²) in [4.78, 5) is 11.3. The summed E-state index contributed by atoms with van der Waals surface area (Å²) in [5, 5.41) is 0. The van der Waals surface area contributed by atoms with Crippen LogP contribution in [-0.4, -0.2) is 5.78 Å². The third-order valence-corrected chi connectivity index (χ3v) is 2.47. The van der Waals surface area contributed by atoms with Gasteiger partial charge in [-0.25, -0.2) is 11.3 Å². The molecule has 4 heteroatoms. The van der Waals surface area contributed by atoms with Crippen molar-refractivity contribution in [2.45, 2.75) is 6.92 Å². The Morgan fingerprint density at radius 2 is 2.40 bits per heavy atom. The maximum atomic E-state index is 10.6. The molecule has 0 aliphatic carbocycles. The third-order valence-electron chi connectivity index (χ3n) is 0.836. The van der Waals surface area contributed by atoms with Crippen LogP contribution in [0.4, 0.5) is 0 Å². The van der Waals surface area contributed by atoms with E-state index in [1.165, 1.54) is 18.3 Å². The molecule has 0 fully saturated rings. The molecular weight excluding hydrogens is 289 g/mol. The van der Waals surface area contributed by atoms with Gasteiger partial charge in [-0.2, -0.15) is 12.1 Å². The second-order valence-corrected chi connectivity index (χ2v) is 4.01. The van der Waals surface area contributed by atoms with E-state index in [2.05, 4.69) is 22.0 Å². The van der Waals surface area contributed by atoms with E-state index in [0.29, 0.717) is 4.88 Å². The zero-order valence-corrected chi connectivity index (χ0v) is 10.6. The minimum atomic E-state index is 0. The molecular formula is C6H4BrOSY-. The molecule has 0 aliphatic heterocycles. The fraction of sp³-hybridized carbons (Fsp3) is 0.167. The SMILES string of the molecule is CC(=O)c1[c-]cc(Br)s1.[Y]. The van der Waals surface area contributed by atoms with E-state index in [-0.39, 0.29) is 38.5 Å². The summed E-state index contributed by atoms with van der Waals surface area (Å²) in [6.45, 7) is 1.54. The van der Waals surface area contributed by atoms with Crippen molar-refractivity contribution in [3.05, 3.63) is 20.8 Å². The molecule has 0 saturated heterocycles. The number of carbonyl (C=O) groups is 1. The van der Waals surface area contributed by atoms with E-state index in [1.54, 1.807) is 6.07 Å². The minimum absolute atomic E-state index is 0. The van der Waals surface area contributed by atoms with Gasteiger partial charge in [0, 0.05) is 32.7 Å². The summed E-state index contributed by atoms with van der Waals surface area (Å²) in [6.07, 6.45) is 0. The average molecular weight is 293 g/mol. The first kappa shape index (κ1) is 11.0. The Hall–Kier alpha value is 0.954. The molecule has 1 rings (SSSR count). The predicted octanol–water partition coefficient (Wildman–Crippen LogP) is 2.51. The number of rotatable bonds is 1. The Balaban J connectivity index is 0.000000810. The molecule has 0 spiro atoms. The zero-order valence-electron chi connectivity index (χ0n) is 5.35. The van der Waals surface area contributed by atoms with E-state index >= 15 is 0 Å². The van der Waals surface area contributed by atoms with Gasteiger partial charge in [0.1, 0.15) is 0 Å². The van der Waals surface area contributed by atoms with Gasteiger partial charge in [0.15, 0.2) is 0 Å². The second-order valence-electron chi connectivity index (χ2n) is 1.58. The molecule has 0 bridgehead atoms. The molecule has 51 valence electrons. The van der Waals surface area contributed by atoms with Crippen LogP contribution in [-0.2, 0) is 32.7 Å². The number of Topliss-reactive ketones (excluding diaryl/α,β-unsaturated/α-hetero) is 1. The van der Waals surface area contributed by atoms with Crippen molar-refractivity contribution < 1.29 is 37.5 Å². The molecule has 0 N–H and O–H groups in total. The van der Waals surface area contributed by atoms with Crippen LogP contribution in [0.25, 0.3) is 0 Å². The first-order valence-corrected chi connectivity index (χ1v) is 3.99. The van der Waals surface area contributed by atoms with Crippen molar-refractivity contribution in [3.63, 3.8) is 0 Å². The third kappa shape index (κ3) is 2.91. The van der Waals surface area contributed by atoms with Crippen LogP contribution >= 0.6 is 27.3 Å². The molecule has 1 radical (unpaired) electrons. The van der Waals surface area contributed by atoms with Crippen molar-refractivity contribution in [2.75, 3.05) is 0 Å². The molecule has 0 aliphatic rings. The summed E-state index contributed by atoms with van der Waals surface area (Å²) < 4.78 is 0.952. The monoisotopic (exact) mass is 292 g/mol. The van der Waals surface area contributed by atoms with Crippen LogP contribution in [0.3, 0.4) is 0 Å². The van der Waals surface area contributed by atoms with E-state index in [9.17, 15) is 4.79 Å². The fourth-order valence-electron chi connectivity index (χ4n) is 0.452. The smallest absolute Gasteiger partial charge is 0.0670 e. The summed E-state index contributed by atoms with van der Waals surface area (Å²) in [5.74, 6) is 0.0747. The van der Waals surface area contributed by atoms with Gasteiger partial charge in [0.25, 0.3) is 0 Å². The van der Waals surface area contributed by atoms with Gasteiger partial charge < -0.3 is 4.79 Å². The van der Waals surface area contributed by atoms with Crippen molar-refractivity contribution in [1.29, 1.82) is 0 Å². The maximum absolute atomic E-state index is 10.6. The van der Waals surface area contributed by atoms with Gasteiger partial charge in [-0.05, 0) is 10.7 Å². The van der Waals surface area contributed by atoms with Crippen LogP contribution in [0, 0.1) is 6.07 Å². The molecule has 0 unspecified atom stereocenters. The molecule has 0 amide bonds. The largest absolute Gasteiger partial charge is 0.369 e. The topological polar surface area (TPSA) is 17.1 Å². The standard InChI is InChI=1S/C6H4BrOS.Y/c1-4(8)5-2-3-6(7)9-5;/h3H,1H3;/q-1;. The number of halogens is 1. The van der Waals surface area contributed by atoms with E-state index in [0.717, 1.165) is 3.79 Å². The van der Waals surface area contributed by atoms with Gasteiger partial charge in [-0.1, -0.05) is 4.88 Å². The van der Waals surface area contributed by atoms with Crippen molar-refractivity contribution in [1.82, 2.24) is 0 Å². The normalized spacial score (nSPS) is 8.60. The first-order chi connectivity index (χ1) is 4.20. The molecule has 1 nitrogen and oxygen atoms in total. The van der Waals surface area contributed by atoms with Crippen LogP contribution < -0.4 is 0 Å². The Morgan fingerprint density at radius 3 is 2.60 bits per heavy atom. The molecule has 0 saturated carbocycles. The molecule has 1 aromatic rings. The minimum Gasteiger partial charge on any atom is -0.369 e. The Morgan fingerprint density at radius 1 is 1.80 bits per heavy atom. The fourth-order valence-corrected chi connectivity index (χ4v) is 1.63. The van der Waals surface area contributed by atoms with Gasteiger partial charge >= 0.3 is 0 Å². The number of ketones is 1. The number of carbonyl (C=O) groups excluding carboxylic acids is 1. The van der Waals surface area contributed by atoms with Crippen LogP contribution in [0.2, 0.25) is 0 Å². The van der Waals surface area contributed by atoms with Crippen molar-refractivity contribution in [2.24, 2.45) is 0 Å². The Labute approximate surface area is 97.2 Å². The molecule has 1 aromatic heterocycles. The van der Waals surface area contributed by atoms with Crippen molar-refractivity contribution in [3.8, 4) is 0 Å². The number of hydrogen-bond acceptors (Lipinski definition) is 2. The zero-order chi connectivity index (χ0) is 6.85. The average Bonchev–Trinajstić information content (AvgIpc) is 2.14. The quantitative estimate of drug-likeness (QED) is 0.574. The van der Waals surface area contributed by atoms with Crippen LogP contribution in [0.5, 0.6) is 0 Å². The predicted molar refractivity (Wildman–Crippen MR) is 40.9 cm³/mol. The summed E-state index contributed by atoms with van der Waals surface area (Å²) in [5.41, 5.74) is 0. The Kier molecular flexibility index (Phi) is 5.21. The number of thiophene rings is 1. The van der Waals surface area contributed by atoms with E-state index < -0.39 is 0 Å². The van der Waals surface area contributed by atoms with Crippen LogP contribution in [0.15, 0.2) is 9.85 Å². The molecule has 10 heavy (non-hydrogen) atoms. The van der Waals surface area contributed by atoms with Gasteiger partial charge in [0.05, 0.1) is 5.78 Å². The van der Waals surface area contributed by atoms with Crippen LogP contribution in [0.1, 0.15) is 16.6 Å². The van der Waals surface area contributed by atoms with Crippen molar-refractivity contribution >= 4 is 33.0 Å². The van der Waals surface area contributed by atoms with E-state index in [4.69, 9.17) is 0 Å². The number of hydrogen-bond donors (Lipinski definition) is 0. The van der Waals surface area contributed by atoms with Gasteiger partial charge in [0.2, 0.25) is 0 Å². The van der Waals surface area contributed by atoms with Gasteiger partial charge in [-0.3, -0.25) is 0 Å². The maximum Gasteiger partial charge on any atom is 0.0670 e. The summed E-state index contributed by atoms with van der Waals surface area (Å²) in [7, 11) is 0. The summed E-state index contributed by atoms with van der Waals surface area (Å²) >= 11 is 4.64. The Bertz CT molecular complexity index is 233. The molecule has 0 aromatic carbocycles. The first-order valence-electron chi connectivity index (χ1n) is 2.38. The van der Waals surface area contributed by atoms with E-state index in [1.807, 2.05) is 0 Å². The molecule has 1 heterocycles. The second kappa shape index (κ2) is 4.76. The van der Waals surface area contributed by atoms with Gasteiger partial charge in [-0.15, -0.1) is 15.9 Å².